The Morgan fingerprint density at radius 3 is 2.37 bits per heavy atom. The first-order chi connectivity index (χ1) is 14.0. The fourth-order valence-corrected chi connectivity index (χ4v) is 3.09. The fourth-order valence-electron chi connectivity index (χ4n) is 3.09. The number of benzene rings is 2. The Morgan fingerprint density at radius 2 is 1.77 bits per heavy atom. The molecule has 0 saturated heterocycles. The van der Waals surface area contributed by atoms with E-state index in [1.165, 1.54) is 0 Å². The van der Waals surface area contributed by atoms with Gasteiger partial charge < -0.3 is 26.9 Å². The first-order valence-corrected chi connectivity index (χ1v) is 8.45. The fraction of sp³-hybridized carbons (Fsp3) is 0.105. The normalized spacial score (nSPS) is 11.3. The molecule has 11 heteroatoms. The second-order valence-electron chi connectivity index (χ2n) is 6.40. The quantitative estimate of drug-likeness (QED) is 0.347. The van der Waals surface area contributed by atoms with Gasteiger partial charge in [0.25, 0.3) is 0 Å². The number of nitrogen functional groups attached to an aromatic ring is 3. The summed E-state index contributed by atoms with van der Waals surface area (Å²) in [6, 6.07) is 11.8. The number of rotatable bonds is 1. The van der Waals surface area contributed by atoms with Crippen molar-refractivity contribution in [2.24, 2.45) is 7.05 Å². The minimum atomic E-state index is -5.08. The highest BCUT2D eigenvalue weighted by Crippen LogP contribution is 2.37. The highest BCUT2D eigenvalue weighted by atomic mass is 19.4. The van der Waals surface area contributed by atoms with Crippen LogP contribution in [-0.2, 0) is 11.8 Å². The third-order valence-electron chi connectivity index (χ3n) is 4.30. The van der Waals surface area contributed by atoms with Crippen LogP contribution in [0, 0.1) is 0 Å². The van der Waals surface area contributed by atoms with E-state index in [-0.39, 0.29) is 5.95 Å². The van der Waals surface area contributed by atoms with Gasteiger partial charge in [-0.3, -0.25) is 0 Å². The summed E-state index contributed by atoms with van der Waals surface area (Å²) in [6.07, 6.45) is -3.09. The van der Waals surface area contributed by atoms with Gasteiger partial charge in [0.2, 0.25) is 5.95 Å². The molecule has 0 fully saturated rings. The Bertz CT molecular complexity index is 1270. The zero-order chi connectivity index (χ0) is 22.2. The topological polar surface area (TPSA) is 146 Å². The lowest BCUT2D eigenvalue weighted by molar-refractivity contribution is -0.192. The molecule has 156 valence electrons. The third kappa shape index (κ3) is 3.90. The van der Waals surface area contributed by atoms with Gasteiger partial charge in [-0.05, 0) is 29.8 Å². The summed E-state index contributed by atoms with van der Waals surface area (Å²) in [4.78, 5) is 17.3. The summed E-state index contributed by atoms with van der Waals surface area (Å²) in [5, 5.41) is 8.95. The summed E-state index contributed by atoms with van der Waals surface area (Å²) >= 11 is 0. The SMILES string of the molecule is Cn1ccc2c3c(N)nc(N)nc3cc(-c3cccc(N)c3)c21.O=C(O)C(F)(F)F. The Labute approximate surface area is 167 Å². The maximum absolute atomic E-state index is 10.6. The molecular formula is C19H17F3N6O2. The van der Waals surface area contributed by atoms with Gasteiger partial charge in [0.05, 0.1) is 16.4 Å². The van der Waals surface area contributed by atoms with Crippen molar-refractivity contribution < 1.29 is 23.1 Å². The minimum Gasteiger partial charge on any atom is -0.475 e. The van der Waals surface area contributed by atoms with Crippen molar-refractivity contribution in [1.82, 2.24) is 14.5 Å². The van der Waals surface area contributed by atoms with E-state index in [1.54, 1.807) is 0 Å². The van der Waals surface area contributed by atoms with Crippen molar-refractivity contribution in [3.63, 3.8) is 0 Å². The second-order valence-corrected chi connectivity index (χ2v) is 6.40. The number of carboxylic acid groups (broad SMARTS) is 1. The van der Waals surface area contributed by atoms with Crippen LogP contribution in [0.4, 0.5) is 30.6 Å². The second kappa shape index (κ2) is 7.43. The van der Waals surface area contributed by atoms with Gasteiger partial charge >= 0.3 is 12.1 Å². The van der Waals surface area contributed by atoms with E-state index in [0.717, 1.165) is 32.9 Å². The molecule has 0 atom stereocenters. The highest BCUT2D eigenvalue weighted by Gasteiger charge is 2.38. The number of anilines is 3. The van der Waals surface area contributed by atoms with Crippen molar-refractivity contribution in [3.05, 3.63) is 42.6 Å². The van der Waals surface area contributed by atoms with Gasteiger partial charge in [-0.2, -0.15) is 18.2 Å². The molecule has 0 aliphatic heterocycles. The van der Waals surface area contributed by atoms with E-state index in [4.69, 9.17) is 27.1 Å². The van der Waals surface area contributed by atoms with Crippen LogP contribution in [0.1, 0.15) is 0 Å². The standard InChI is InChI=1S/C17H16N6.C2HF3O2/c1-23-6-5-11-14-13(21-17(20)22-16(14)19)8-12(15(11)23)9-3-2-4-10(18)7-9;3-2(4,5)1(6)7/h2-8H,18H2,1H3,(H4,19,20,21,22);(H,6,7). The maximum Gasteiger partial charge on any atom is 0.490 e. The predicted octanol–water partition coefficient (Wildman–Crippen LogP) is 3.17. The van der Waals surface area contributed by atoms with Crippen LogP contribution >= 0.6 is 0 Å². The molecule has 2 aromatic carbocycles. The van der Waals surface area contributed by atoms with Crippen LogP contribution in [0.5, 0.6) is 0 Å². The lowest BCUT2D eigenvalue weighted by atomic mass is 9.99. The largest absolute Gasteiger partial charge is 0.490 e. The number of aliphatic carboxylic acids is 1. The number of nitrogens with two attached hydrogens (primary N) is 3. The van der Waals surface area contributed by atoms with Crippen LogP contribution < -0.4 is 17.2 Å². The monoisotopic (exact) mass is 418 g/mol. The van der Waals surface area contributed by atoms with E-state index in [9.17, 15) is 13.2 Å². The molecule has 4 aromatic rings. The molecule has 4 rings (SSSR count). The zero-order valence-corrected chi connectivity index (χ0v) is 15.6. The van der Waals surface area contributed by atoms with Crippen molar-refractivity contribution >= 4 is 45.2 Å². The molecule has 0 aliphatic rings. The van der Waals surface area contributed by atoms with Crippen LogP contribution in [0.2, 0.25) is 0 Å². The number of aromatic nitrogens is 3. The third-order valence-corrected chi connectivity index (χ3v) is 4.30. The Morgan fingerprint density at radius 1 is 1.10 bits per heavy atom. The first-order valence-electron chi connectivity index (χ1n) is 8.45. The molecule has 0 spiro atoms. The number of alkyl halides is 3. The van der Waals surface area contributed by atoms with Gasteiger partial charge in [0.1, 0.15) is 5.82 Å². The van der Waals surface area contributed by atoms with Crippen molar-refractivity contribution in [2.75, 3.05) is 17.2 Å². The molecule has 0 radical (unpaired) electrons. The smallest absolute Gasteiger partial charge is 0.475 e. The van der Waals surface area contributed by atoms with E-state index in [2.05, 4.69) is 14.5 Å². The van der Waals surface area contributed by atoms with Gasteiger partial charge in [-0.25, -0.2) is 9.78 Å². The first kappa shape index (κ1) is 20.7. The van der Waals surface area contributed by atoms with Gasteiger partial charge in [-0.1, -0.05) is 12.1 Å². The van der Waals surface area contributed by atoms with E-state index in [1.807, 2.05) is 49.6 Å². The molecule has 0 unspecified atom stereocenters. The van der Waals surface area contributed by atoms with Gasteiger partial charge in [-0.15, -0.1) is 0 Å². The lowest BCUT2D eigenvalue weighted by Crippen LogP contribution is -2.21. The molecule has 0 amide bonds. The number of hydrogen-bond acceptors (Lipinski definition) is 6. The van der Waals surface area contributed by atoms with Crippen LogP contribution in [0.15, 0.2) is 42.6 Å². The number of fused-ring (bicyclic) bond motifs is 3. The van der Waals surface area contributed by atoms with E-state index in [0.29, 0.717) is 11.5 Å². The molecular weight excluding hydrogens is 401 g/mol. The molecule has 0 bridgehead atoms. The summed E-state index contributed by atoms with van der Waals surface area (Å²) in [5.41, 5.74) is 22.3. The van der Waals surface area contributed by atoms with Crippen molar-refractivity contribution in [1.29, 1.82) is 0 Å². The molecule has 30 heavy (non-hydrogen) atoms. The Balaban J connectivity index is 0.000000318. The lowest BCUT2D eigenvalue weighted by Gasteiger charge is -2.11. The van der Waals surface area contributed by atoms with Gasteiger partial charge in [0.15, 0.2) is 0 Å². The average Bonchev–Trinajstić information content (AvgIpc) is 3.02. The number of carbonyl (C=O) groups is 1. The summed E-state index contributed by atoms with van der Waals surface area (Å²) in [5.74, 6) is -2.20. The van der Waals surface area contributed by atoms with Crippen molar-refractivity contribution in [3.8, 4) is 11.1 Å². The molecule has 0 saturated carbocycles. The molecule has 2 heterocycles. The number of nitrogens with zero attached hydrogens (tertiary/aromatic N) is 3. The molecule has 7 N–H and O–H groups in total. The van der Waals surface area contributed by atoms with E-state index >= 15 is 0 Å². The molecule has 2 aromatic heterocycles. The zero-order valence-electron chi connectivity index (χ0n) is 15.6. The number of halogens is 3. The number of hydrogen-bond donors (Lipinski definition) is 4. The predicted molar refractivity (Wildman–Crippen MR) is 108 cm³/mol. The van der Waals surface area contributed by atoms with Crippen LogP contribution in [0.3, 0.4) is 0 Å². The average molecular weight is 418 g/mol. The minimum absolute atomic E-state index is 0.170. The maximum atomic E-state index is 10.6. The van der Waals surface area contributed by atoms with Crippen LogP contribution in [0.25, 0.3) is 32.9 Å². The van der Waals surface area contributed by atoms with E-state index < -0.39 is 12.1 Å². The Hall–Kier alpha value is -4.02. The summed E-state index contributed by atoms with van der Waals surface area (Å²) in [7, 11) is 2.00. The molecule has 0 aliphatic carbocycles. The van der Waals surface area contributed by atoms with Crippen molar-refractivity contribution in [2.45, 2.75) is 6.18 Å². The Kier molecular flexibility index (Phi) is 5.13. The number of aryl methyl sites for hydroxylation is 1. The summed E-state index contributed by atoms with van der Waals surface area (Å²) in [6.45, 7) is 0. The summed E-state index contributed by atoms with van der Waals surface area (Å²) < 4.78 is 33.8. The highest BCUT2D eigenvalue weighted by molar-refractivity contribution is 6.15. The van der Waals surface area contributed by atoms with Crippen LogP contribution in [-0.4, -0.2) is 31.8 Å². The molecule has 8 nitrogen and oxygen atoms in total. The van der Waals surface area contributed by atoms with Gasteiger partial charge in [0, 0.05) is 29.9 Å². The number of carboxylic acids is 1.